The van der Waals surface area contributed by atoms with Crippen LogP contribution in [0.1, 0.15) is 5.56 Å². The fraction of sp³-hybridized carbons (Fsp3) is 0.286. The summed E-state index contributed by atoms with van der Waals surface area (Å²) in [6.07, 6.45) is 1.89. The maximum absolute atomic E-state index is 11.9. The van der Waals surface area contributed by atoms with Crippen molar-refractivity contribution in [2.45, 2.75) is 0 Å². The molecule has 1 saturated heterocycles. The van der Waals surface area contributed by atoms with Gasteiger partial charge in [0.2, 0.25) is 0 Å². The minimum atomic E-state index is -0.143. The zero-order chi connectivity index (χ0) is 13.1. The van der Waals surface area contributed by atoms with Crippen molar-refractivity contribution in [3.8, 4) is 0 Å². The van der Waals surface area contributed by atoms with E-state index in [0.29, 0.717) is 18.1 Å². The summed E-state index contributed by atoms with van der Waals surface area (Å²) in [5, 5.41) is 0.801. The van der Waals surface area contributed by atoms with Crippen molar-refractivity contribution in [3.05, 3.63) is 40.8 Å². The Balaban J connectivity index is 1.74. The number of hydrogen-bond acceptors (Lipinski definition) is 4. The highest BCUT2D eigenvalue weighted by atomic mass is 32.2. The van der Waals surface area contributed by atoms with Gasteiger partial charge in [0.25, 0.3) is 5.91 Å². The van der Waals surface area contributed by atoms with Crippen molar-refractivity contribution in [3.63, 3.8) is 0 Å². The average molecular weight is 274 g/mol. The predicted molar refractivity (Wildman–Crippen MR) is 76.8 cm³/mol. The Morgan fingerprint density at radius 2 is 1.95 bits per heavy atom. The van der Waals surface area contributed by atoms with Crippen molar-refractivity contribution in [1.82, 2.24) is 4.90 Å². The van der Waals surface area contributed by atoms with Gasteiger partial charge >= 0.3 is 0 Å². The van der Waals surface area contributed by atoms with Crippen molar-refractivity contribution < 1.29 is 9.53 Å². The lowest BCUT2D eigenvalue weighted by Crippen LogP contribution is -2.38. The first-order valence-electron chi connectivity index (χ1n) is 6.23. The maximum Gasteiger partial charge on any atom is 0.286 e. The Bertz CT molecular complexity index is 534. The number of ether oxygens (including phenoxy) is 1. The molecule has 1 aromatic carbocycles. The van der Waals surface area contributed by atoms with E-state index in [1.807, 2.05) is 36.4 Å². The van der Waals surface area contributed by atoms with Crippen LogP contribution in [0.5, 0.6) is 0 Å². The van der Waals surface area contributed by atoms with Gasteiger partial charge in [-0.05, 0) is 23.4 Å². The number of rotatable bonds is 1. The van der Waals surface area contributed by atoms with Gasteiger partial charge in [-0.25, -0.2) is 0 Å². The summed E-state index contributed by atoms with van der Waals surface area (Å²) >= 11 is 1.45. The Morgan fingerprint density at radius 1 is 1.21 bits per heavy atom. The summed E-state index contributed by atoms with van der Waals surface area (Å²) in [5.74, 6) is -0.143. The second-order valence-corrected chi connectivity index (χ2v) is 5.33. The van der Waals surface area contributed by atoms with Crippen molar-refractivity contribution in [2.75, 3.05) is 26.3 Å². The topological polar surface area (TPSA) is 41.9 Å². The Kier molecular flexibility index (Phi) is 3.66. The highest BCUT2D eigenvalue weighted by Gasteiger charge is 2.26. The molecule has 1 aromatic rings. The molecule has 0 atom stereocenters. The smallest absolute Gasteiger partial charge is 0.286 e. The number of carbonyl (C=O) groups excluding carboxylic acids is 1. The number of nitrogens with zero attached hydrogens (tertiary/aromatic N) is 2. The third-order valence-electron chi connectivity index (χ3n) is 2.99. The summed E-state index contributed by atoms with van der Waals surface area (Å²) in [6.45, 7) is 3.01. The second kappa shape index (κ2) is 5.59. The number of hydrogen-bond donors (Lipinski definition) is 0. The van der Waals surface area contributed by atoms with E-state index in [-0.39, 0.29) is 5.91 Å². The van der Waals surface area contributed by atoms with Crippen LogP contribution in [-0.4, -0.2) is 42.3 Å². The third kappa shape index (κ3) is 2.88. The van der Waals surface area contributed by atoms with Gasteiger partial charge in [-0.1, -0.05) is 30.3 Å². The molecule has 2 heterocycles. The van der Waals surface area contributed by atoms with Crippen LogP contribution < -0.4 is 0 Å². The number of thioether (sulfide) groups is 1. The average Bonchev–Trinajstić information content (AvgIpc) is 2.82. The highest BCUT2D eigenvalue weighted by molar-refractivity contribution is 8.18. The van der Waals surface area contributed by atoms with Crippen LogP contribution in [0.15, 0.2) is 40.2 Å². The summed E-state index contributed by atoms with van der Waals surface area (Å²) in [5.41, 5.74) is 1.02. The van der Waals surface area contributed by atoms with Crippen LogP contribution in [0.2, 0.25) is 0 Å². The van der Waals surface area contributed by atoms with Crippen molar-refractivity contribution in [2.24, 2.45) is 4.99 Å². The molecule has 1 fully saturated rings. The molecular weight excluding hydrogens is 260 g/mol. The van der Waals surface area contributed by atoms with Gasteiger partial charge in [0.1, 0.15) is 0 Å². The number of carbonyl (C=O) groups is 1. The van der Waals surface area contributed by atoms with Crippen LogP contribution in [0.25, 0.3) is 6.08 Å². The number of amidine groups is 1. The Labute approximate surface area is 116 Å². The molecule has 98 valence electrons. The molecule has 0 N–H and O–H groups in total. The van der Waals surface area contributed by atoms with Gasteiger partial charge in [-0.2, -0.15) is 4.99 Å². The summed E-state index contributed by atoms with van der Waals surface area (Å²) in [4.78, 5) is 18.8. The molecule has 0 spiro atoms. The van der Waals surface area contributed by atoms with Gasteiger partial charge in [0.15, 0.2) is 5.17 Å². The zero-order valence-corrected chi connectivity index (χ0v) is 11.2. The molecule has 2 aliphatic heterocycles. The number of amides is 1. The van der Waals surface area contributed by atoms with E-state index in [4.69, 9.17) is 4.74 Å². The zero-order valence-electron chi connectivity index (χ0n) is 10.4. The number of aliphatic imine (C=N–C) groups is 1. The molecule has 0 aromatic heterocycles. The lowest BCUT2D eigenvalue weighted by atomic mass is 10.2. The quantitative estimate of drug-likeness (QED) is 0.734. The van der Waals surface area contributed by atoms with Gasteiger partial charge in [0, 0.05) is 13.1 Å². The molecule has 0 radical (unpaired) electrons. The third-order valence-corrected chi connectivity index (χ3v) is 4.03. The van der Waals surface area contributed by atoms with E-state index in [1.54, 1.807) is 0 Å². The molecule has 0 saturated carbocycles. The molecule has 0 bridgehead atoms. The van der Waals surface area contributed by atoms with E-state index < -0.39 is 0 Å². The van der Waals surface area contributed by atoms with E-state index in [2.05, 4.69) is 9.89 Å². The number of benzene rings is 1. The van der Waals surface area contributed by atoms with Crippen LogP contribution in [0.4, 0.5) is 0 Å². The molecule has 0 aliphatic carbocycles. The van der Waals surface area contributed by atoms with E-state index in [1.165, 1.54) is 11.8 Å². The Morgan fingerprint density at radius 3 is 2.68 bits per heavy atom. The van der Waals surface area contributed by atoms with Crippen LogP contribution in [0.3, 0.4) is 0 Å². The number of morpholine rings is 1. The highest BCUT2D eigenvalue weighted by Crippen LogP contribution is 2.30. The van der Waals surface area contributed by atoms with Gasteiger partial charge in [-0.3, -0.25) is 4.79 Å². The molecule has 5 heteroatoms. The summed E-state index contributed by atoms with van der Waals surface area (Å²) in [7, 11) is 0. The van der Waals surface area contributed by atoms with Crippen LogP contribution >= 0.6 is 11.8 Å². The minimum Gasteiger partial charge on any atom is -0.378 e. The standard InChI is InChI=1S/C14H14N2O2S/c17-13-12(10-11-4-2-1-3-5-11)19-14(15-13)16-6-8-18-9-7-16/h1-5,10H,6-9H2/b12-10-. The normalized spacial score (nSPS) is 21.9. The van der Waals surface area contributed by atoms with Crippen molar-refractivity contribution >= 4 is 28.9 Å². The summed E-state index contributed by atoms with van der Waals surface area (Å²) in [6, 6.07) is 9.84. The minimum absolute atomic E-state index is 0.143. The van der Waals surface area contributed by atoms with E-state index in [0.717, 1.165) is 23.8 Å². The monoisotopic (exact) mass is 274 g/mol. The molecule has 19 heavy (non-hydrogen) atoms. The largest absolute Gasteiger partial charge is 0.378 e. The molecule has 2 aliphatic rings. The van der Waals surface area contributed by atoms with Gasteiger partial charge in [0.05, 0.1) is 18.1 Å². The van der Waals surface area contributed by atoms with E-state index in [9.17, 15) is 4.79 Å². The lowest BCUT2D eigenvalue weighted by Gasteiger charge is -2.27. The van der Waals surface area contributed by atoms with Crippen molar-refractivity contribution in [1.29, 1.82) is 0 Å². The van der Waals surface area contributed by atoms with Gasteiger partial charge in [-0.15, -0.1) is 0 Å². The predicted octanol–water partition coefficient (Wildman–Crippen LogP) is 1.99. The fourth-order valence-corrected chi connectivity index (χ4v) is 2.95. The lowest BCUT2D eigenvalue weighted by molar-refractivity contribution is -0.113. The first-order chi connectivity index (χ1) is 9.33. The second-order valence-electron chi connectivity index (χ2n) is 4.32. The van der Waals surface area contributed by atoms with Crippen LogP contribution in [0, 0.1) is 0 Å². The summed E-state index contributed by atoms with van der Waals surface area (Å²) < 4.78 is 5.30. The fourth-order valence-electron chi connectivity index (χ4n) is 1.99. The van der Waals surface area contributed by atoms with Crippen LogP contribution in [-0.2, 0) is 9.53 Å². The Hall–Kier alpha value is -1.59. The molecule has 0 unspecified atom stereocenters. The molecule has 1 amide bonds. The molecular formula is C14H14N2O2S. The molecule has 4 nitrogen and oxygen atoms in total. The molecule has 3 rings (SSSR count). The first-order valence-corrected chi connectivity index (χ1v) is 7.05. The van der Waals surface area contributed by atoms with Gasteiger partial charge < -0.3 is 9.64 Å². The maximum atomic E-state index is 11.9. The van der Waals surface area contributed by atoms with E-state index >= 15 is 0 Å². The SMILES string of the molecule is O=C1N=C(N2CCOCC2)S/C1=C\c1ccccc1. The first kappa shape index (κ1) is 12.4.